The van der Waals surface area contributed by atoms with Crippen molar-refractivity contribution in [2.45, 2.75) is 70.6 Å². The van der Waals surface area contributed by atoms with Crippen LogP contribution in [-0.2, 0) is 24.0 Å². The van der Waals surface area contributed by atoms with Crippen LogP contribution in [0.15, 0.2) is 29.2 Å². The Kier molecular flexibility index (Phi) is 8.42. The maximum atomic E-state index is 13.1. The van der Waals surface area contributed by atoms with Gasteiger partial charge in [0.2, 0.25) is 10.0 Å². The molecule has 0 saturated carbocycles. The Hall–Kier alpha value is -1.48. The van der Waals surface area contributed by atoms with Crippen molar-refractivity contribution < 1.29 is 22.4 Å². The Labute approximate surface area is 176 Å². The van der Waals surface area contributed by atoms with Crippen molar-refractivity contribution in [3.63, 3.8) is 0 Å². The minimum atomic E-state index is -3.81. The average molecular weight is 442 g/mol. The van der Waals surface area contributed by atoms with Crippen molar-refractivity contribution in [1.82, 2.24) is 4.72 Å². The van der Waals surface area contributed by atoms with Crippen LogP contribution in [0.25, 0.3) is 0 Å². The summed E-state index contributed by atoms with van der Waals surface area (Å²) in [4.78, 5) is 11.8. The number of benzene rings is 1. The van der Waals surface area contributed by atoms with E-state index in [9.17, 15) is 13.2 Å². The highest BCUT2D eigenvalue weighted by Crippen LogP contribution is 2.36. The van der Waals surface area contributed by atoms with Crippen molar-refractivity contribution >= 4 is 24.3 Å². The van der Waals surface area contributed by atoms with Crippen molar-refractivity contribution in [3.8, 4) is 0 Å². The molecule has 1 atom stereocenters. The van der Waals surface area contributed by atoms with E-state index in [1.165, 1.54) is 19.3 Å². The van der Waals surface area contributed by atoms with Gasteiger partial charge in [0, 0.05) is 6.08 Å². The van der Waals surface area contributed by atoms with E-state index in [1.54, 1.807) is 13.8 Å². The molecule has 0 spiro atoms. The molecule has 0 heterocycles. The van der Waals surface area contributed by atoms with Crippen LogP contribution in [0.1, 0.15) is 37.5 Å². The van der Waals surface area contributed by atoms with E-state index in [-0.39, 0.29) is 16.5 Å². The average Bonchev–Trinajstić information content (AvgIpc) is 2.54. The van der Waals surface area contributed by atoms with Gasteiger partial charge in [-0.05, 0) is 50.0 Å². The van der Waals surface area contributed by atoms with E-state index in [4.69, 9.17) is 4.43 Å². The van der Waals surface area contributed by atoms with Gasteiger partial charge in [0.1, 0.15) is 0 Å². The van der Waals surface area contributed by atoms with Crippen LogP contribution in [0.2, 0.25) is 18.1 Å². The fourth-order valence-electron chi connectivity index (χ4n) is 2.76. The molecule has 29 heavy (non-hydrogen) atoms. The van der Waals surface area contributed by atoms with Crippen LogP contribution < -0.4 is 4.72 Å². The summed E-state index contributed by atoms with van der Waals surface area (Å²) in [6.45, 7) is 16.1. The van der Waals surface area contributed by atoms with Crippen LogP contribution in [0.5, 0.6) is 0 Å². The topological polar surface area (TPSA) is 81.7 Å². The molecule has 1 aromatic rings. The number of sulfonamides is 1. The number of hydrogen-bond acceptors (Lipinski definition) is 5. The lowest BCUT2D eigenvalue weighted by Crippen LogP contribution is -2.45. The summed E-state index contributed by atoms with van der Waals surface area (Å²) in [5, 5.41) is -0.0212. The Balaban J connectivity index is 3.20. The molecule has 0 saturated heterocycles. The van der Waals surface area contributed by atoms with Crippen molar-refractivity contribution in [2.24, 2.45) is 0 Å². The van der Waals surface area contributed by atoms with E-state index in [0.717, 1.165) is 5.56 Å². The first-order valence-electron chi connectivity index (χ1n) is 9.61. The molecule has 164 valence electrons. The van der Waals surface area contributed by atoms with Crippen LogP contribution in [-0.4, -0.2) is 42.5 Å². The maximum absolute atomic E-state index is 13.1. The molecule has 0 bridgehead atoms. The zero-order valence-corrected chi connectivity index (χ0v) is 20.9. The van der Waals surface area contributed by atoms with Gasteiger partial charge in [-0.15, -0.1) is 0 Å². The Bertz CT molecular complexity index is 847. The first-order valence-corrected chi connectivity index (χ1v) is 14.0. The molecule has 8 heteroatoms. The molecule has 0 radical (unpaired) electrons. The van der Waals surface area contributed by atoms with Gasteiger partial charge in [0.15, 0.2) is 8.32 Å². The van der Waals surface area contributed by atoms with Crippen LogP contribution in [0, 0.1) is 20.8 Å². The van der Waals surface area contributed by atoms with Gasteiger partial charge in [-0.2, -0.15) is 0 Å². The summed E-state index contributed by atoms with van der Waals surface area (Å²) < 4.78 is 39.8. The minimum Gasteiger partial charge on any atom is -0.466 e. The van der Waals surface area contributed by atoms with Crippen molar-refractivity contribution in [1.29, 1.82) is 0 Å². The van der Waals surface area contributed by atoms with E-state index in [2.05, 4.69) is 43.3 Å². The highest BCUT2D eigenvalue weighted by atomic mass is 32.2. The summed E-state index contributed by atoms with van der Waals surface area (Å²) in [6, 6.07) is 2.98. The van der Waals surface area contributed by atoms with E-state index >= 15 is 0 Å². The smallest absolute Gasteiger partial charge is 0.330 e. The molecule has 0 aromatic heterocycles. The minimum absolute atomic E-state index is 0.0212. The van der Waals surface area contributed by atoms with Gasteiger partial charge in [-0.1, -0.05) is 44.5 Å². The standard InChI is InChI=1S/C21H35NO5SSi/c1-15-12-16(2)20(17(3)13-15)28(24,25)22-18(10-11-19(23)26-7)14-27-29(8,9)21(4,5)6/h10-13,18,22H,14H2,1-9H3/b11-10+/t18-/m1/s1. The predicted octanol–water partition coefficient (Wildman–Crippen LogP) is 4.01. The number of hydrogen-bond donors (Lipinski definition) is 1. The lowest BCUT2D eigenvalue weighted by Gasteiger charge is -2.37. The molecule has 0 amide bonds. The fourth-order valence-corrected chi connectivity index (χ4v) is 5.41. The molecular weight excluding hydrogens is 406 g/mol. The third-order valence-electron chi connectivity index (χ3n) is 5.28. The molecule has 0 aliphatic carbocycles. The number of aryl methyl sites for hydroxylation is 3. The highest BCUT2D eigenvalue weighted by Gasteiger charge is 2.37. The summed E-state index contributed by atoms with van der Waals surface area (Å²) in [7, 11) is -4.64. The fraction of sp³-hybridized carbons (Fsp3) is 0.571. The summed E-state index contributed by atoms with van der Waals surface area (Å²) >= 11 is 0. The van der Waals surface area contributed by atoms with Gasteiger partial charge in [0.25, 0.3) is 0 Å². The monoisotopic (exact) mass is 441 g/mol. The lowest BCUT2D eigenvalue weighted by atomic mass is 10.1. The summed E-state index contributed by atoms with van der Waals surface area (Å²) in [5.74, 6) is -0.552. The van der Waals surface area contributed by atoms with E-state index in [1.807, 2.05) is 19.1 Å². The highest BCUT2D eigenvalue weighted by molar-refractivity contribution is 7.89. The van der Waals surface area contributed by atoms with Crippen LogP contribution in [0.3, 0.4) is 0 Å². The number of ether oxygens (including phenoxy) is 1. The Morgan fingerprint density at radius 1 is 1.17 bits per heavy atom. The van der Waals surface area contributed by atoms with Crippen LogP contribution in [0.4, 0.5) is 0 Å². The summed E-state index contributed by atoms with van der Waals surface area (Å²) in [5.41, 5.74) is 2.36. The molecular formula is C21H35NO5SSi. The second-order valence-corrected chi connectivity index (χ2v) is 15.4. The number of rotatable bonds is 8. The van der Waals surface area contributed by atoms with Crippen molar-refractivity contribution in [3.05, 3.63) is 41.0 Å². The van der Waals surface area contributed by atoms with E-state index in [0.29, 0.717) is 11.1 Å². The third kappa shape index (κ3) is 7.06. The summed E-state index contributed by atoms with van der Waals surface area (Å²) in [6.07, 6.45) is 2.70. The third-order valence-corrected chi connectivity index (χ3v) is 11.6. The normalized spacial score (nSPS) is 14.2. The molecule has 1 N–H and O–H groups in total. The molecule has 1 aromatic carbocycles. The number of carbonyl (C=O) groups is 1. The molecule has 6 nitrogen and oxygen atoms in total. The zero-order valence-electron chi connectivity index (χ0n) is 19.0. The zero-order chi connectivity index (χ0) is 22.6. The first kappa shape index (κ1) is 25.6. The van der Waals surface area contributed by atoms with Gasteiger partial charge < -0.3 is 9.16 Å². The molecule has 0 unspecified atom stereocenters. The van der Waals surface area contributed by atoms with Crippen molar-refractivity contribution in [2.75, 3.05) is 13.7 Å². The predicted molar refractivity (Wildman–Crippen MR) is 119 cm³/mol. The molecule has 1 rings (SSSR count). The van der Waals surface area contributed by atoms with Crippen LogP contribution >= 0.6 is 0 Å². The molecule has 0 fully saturated rings. The lowest BCUT2D eigenvalue weighted by molar-refractivity contribution is -0.134. The number of carbonyl (C=O) groups excluding carboxylic acids is 1. The SMILES string of the molecule is COC(=O)/C=C/[C@H](CO[Si](C)(C)C(C)(C)C)NS(=O)(=O)c1c(C)cc(C)cc1C. The first-order chi connectivity index (χ1) is 13.1. The Morgan fingerprint density at radius 2 is 1.69 bits per heavy atom. The van der Waals surface area contributed by atoms with E-state index < -0.39 is 30.4 Å². The van der Waals surface area contributed by atoms with Gasteiger partial charge in [-0.25, -0.2) is 17.9 Å². The largest absolute Gasteiger partial charge is 0.466 e. The second-order valence-electron chi connectivity index (χ2n) is 8.91. The number of nitrogens with one attached hydrogen (secondary N) is 1. The molecule has 0 aliphatic heterocycles. The second kappa shape index (κ2) is 9.55. The number of esters is 1. The molecule has 0 aliphatic rings. The quantitative estimate of drug-likeness (QED) is 0.374. The van der Waals surface area contributed by atoms with Gasteiger partial charge in [-0.3, -0.25) is 0 Å². The van der Waals surface area contributed by atoms with Gasteiger partial charge >= 0.3 is 5.97 Å². The maximum Gasteiger partial charge on any atom is 0.330 e. The Morgan fingerprint density at radius 3 is 2.14 bits per heavy atom. The van der Waals surface area contributed by atoms with Gasteiger partial charge in [0.05, 0.1) is 24.7 Å². The number of methoxy groups -OCH3 is 1.